The van der Waals surface area contributed by atoms with Crippen LogP contribution in [0.5, 0.6) is 0 Å². The third-order valence-electron chi connectivity index (χ3n) is 3.22. The highest BCUT2D eigenvalue weighted by Gasteiger charge is 2.27. The Morgan fingerprint density at radius 1 is 1.56 bits per heavy atom. The van der Waals surface area contributed by atoms with Crippen molar-refractivity contribution in [3.05, 3.63) is 23.0 Å². The number of amides is 1. The number of H-pyrrole nitrogens is 1. The van der Waals surface area contributed by atoms with Gasteiger partial charge in [0.25, 0.3) is 5.91 Å². The molecule has 0 aliphatic carbocycles. The lowest BCUT2D eigenvalue weighted by molar-refractivity contribution is -0.137. The van der Waals surface area contributed by atoms with Crippen LogP contribution in [0, 0.1) is 5.92 Å². The van der Waals surface area contributed by atoms with Crippen LogP contribution in [0.4, 0.5) is 0 Å². The summed E-state index contributed by atoms with van der Waals surface area (Å²) in [5.74, 6) is -0.564. The summed E-state index contributed by atoms with van der Waals surface area (Å²) >= 11 is 5.76. The Hall–Kier alpha value is -1.49. The normalized spacial score (nSPS) is 19.2. The van der Waals surface area contributed by atoms with E-state index in [-0.39, 0.29) is 18.2 Å². The van der Waals surface area contributed by atoms with Gasteiger partial charge < -0.3 is 15.0 Å². The molecule has 0 aromatic carbocycles. The maximum absolute atomic E-state index is 12.1. The van der Waals surface area contributed by atoms with Crippen molar-refractivity contribution in [2.24, 2.45) is 5.92 Å². The third kappa shape index (κ3) is 3.04. The Labute approximate surface area is 110 Å². The predicted octanol–water partition coefficient (Wildman–Crippen LogP) is 1.99. The van der Waals surface area contributed by atoms with Crippen LogP contribution < -0.4 is 0 Å². The lowest BCUT2D eigenvalue weighted by atomic mass is 10.0. The van der Waals surface area contributed by atoms with Gasteiger partial charge in [-0.25, -0.2) is 0 Å². The number of hydrogen-bond donors (Lipinski definition) is 2. The fourth-order valence-electron chi connectivity index (χ4n) is 2.24. The van der Waals surface area contributed by atoms with Gasteiger partial charge in [-0.3, -0.25) is 9.59 Å². The number of halogens is 1. The molecule has 0 spiro atoms. The maximum Gasteiger partial charge on any atom is 0.303 e. The zero-order valence-electron chi connectivity index (χ0n) is 9.86. The molecule has 1 atom stereocenters. The molecule has 5 nitrogen and oxygen atoms in total. The minimum Gasteiger partial charge on any atom is -0.481 e. The lowest BCUT2D eigenvalue weighted by Gasteiger charge is -2.15. The van der Waals surface area contributed by atoms with Crippen LogP contribution >= 0.6 is 11.6 Å². The van der Waals surface area contributed by atoms with E-state index in [0.717, 1.165) is 6.42 Å². The number of carboxylic acid groups (broad SMARTS) is 1. The van der Waals surface area contributed by atoms with Gasteiger partial charge in [0.05, 0.1) is 5.02 Å². The topological polar surface area (TPSA) is 73.4 Å². The van der Waals surface area contributed by atoms with E-state index in [9.17, 15) is 9.59 Å². The molecule has 1 fully saturated rings. The second-order valence-electron chi connectivity index (χ2n) is 4.57. The minimum absolute atomic E-state index is 0.0697. The Morgan fingerprint density at radius 3 is 2.94 bits per heavy atom. The number of likely N-dealkylation sites (tertiary alicyclic amines) is 1. The number of aliphatic carboxylic acids is 1. The summed E-state index contributed by atoms with van der Waals surface area (Å²) in [6.45, 7) is 1.31. The van der Waals surface area contributed by atoms with E-state index < -0.39 is 5.97 Å². The highest BCUT2D eigenvalue weighted by molar-refractivity contribution is 6.30. The number of rotatable bonds is 4. The zero-order valence-corrected chi connectivity index (χ0v) is 10.6. The summed E-state index contributed by atoms with van der Waals surface area (Å²) in [6.07, 6.45) is 3.24. The van der Waals surface area contributed by atoms with Gasteiger partial charge in [-0.1, -0.05) is 11.6 Å². The van der Waals surface area contributed by atoms with Crippen LogP contribution in [0.2, 0.25) is 5.02 Å². The summed E-state index contributed by atoms with van der Waals surface area (Å²) < 4.78 is 0. The molecule has 18 heavy (non-hydrogen) atoms. The first kappa shape index (κ1) is 13.0. The number of aromatic amines is 1. The molecule has 2 N–H and O–H groups in total. The molecule has 1 aromatic heterocycles. The summed E-state index contributed by atoms with van der Waals surface area (Å²) in [5, 5.41) is 9.14. The van der Waals surface area contributed by atoms with E-state index in [1.54, 1.807) is 17.2 Å². The van der Waals surface area contributed by atoms with E-state index in [1.165, 1.54) is 0 Å². The SMILES string of the molecule is O=C(O)CCC1CCN(C(=O)c2cc(Cl)c[nH]2)C1. The van der Waals surface area contributed by atoms with Gasteiger partial charge in [-0.2, -0.15) is 0 Å². The Morgan fingerprint density at radius 2 is 2.33 bits per heavy atom. The van der Waals surface area contributed by atoms with Crippen LogP contribution in [0.3, 0.4) is 0 Å². The van der Waals surface area contributed by atoms with Gasteiger partial charge >= 0.3 is 5.97 Å². The second-order valence-corrected chi connectivity index (χ2v) is 5.01. The Balaban J connectivity index is 1.88. The average Bonchev–Trinajstić information content (AvgIpc) is 2.94. The molecule has 0 radical (unpaired) electrons. The van der Waals surface area contributed by atoms with Crippen molar-refractivity contribution >= 4 is 23.5 Å². The Kier molecular flexibility index (Phi) is 3.91. The molecular formula is C12H15ClN2O3. The molecule has 1 unspecified atom stereocenters. The molecule has 0 bridgehead atoms. The summed E-state index contributed by atoms with van der Waals surface area (Å²) in [6, 6.07) is 1.61. The number of carbonyl (C=O) groups is 2. The molecular weight excluding hydrogens is 256 g/mol. The largest absolute Gasteiger partial charge is 0.481 e. The third-order valence-corrected chi connectivity index (χ3v) is 3.44. The van der Waals surface area contributed by atoms with E-state index in [0.29, 0.717) is 30.2 Å². The first-order valence-corrected chi connectivity index (χ1v) is 6.29. The van der Waals surface area contributed by atoms with Crippen molar-refractivity contribution in [1.29, 1.82) is 0 Å². The summed E-state index contributed by atoms with van der Waals surface area (Å²) in [4.78, 5) is 27.1. The molecule has 2 rings (SSSR count). The molecule has 0 saturated carbocycles. The second kappa shape index (κ2) is 5.44. The molecule has 98 valence electrons. The molecule has 1 saturated heterocycles. The minimum atomic E-state index is -0.782. The molecule has 1 aliphatic heterocycles. The molecule has 1 amide bonds. The van der Waals surface area contributed by atoms with Crippen molar-refractivity contribution in [2.75, 3.05) is 13.1 Å². The van der Waals surface area contributed by atoms with Crippen LogP contribution in [0.25, 0.3) is 0 Å². The smallest absolute Gasteiger partial charge is 0.303 e. The Bertz CT molecular complexity index is 458. The van der Waals surface area contributed by atoms with Crippen molar-refractivity contribution in [3.63, 3.8) is 0 Å². The van der Waals surface area contributed by atoms with Crippen LogP contribution in [0.1, 0.15) is 29.8 Å². The highest BCUT2D eigenvalue weighted by atomic mass is 35.5. The van der Waals surface area contributed by atoms with Crippen LogP contribution in [-0.4, -0.2) is 40.0 Å². The van der Waals surface area contributed by atoms with Crippen molar-refractivity contribution in [3.8, 4) is 0 Å². The molecule has 1 aromatic rings. The number of nitrogens with one attached hydrogen (secondary N) is 1. The first-order valence-electron chi connectivity index (χ1n) is 5.91. The number of hydrogen-bond acceptors (Lipinski definition) is 2. The number of carboxylic acids is 1. The number of aromatic nitrogens is 1. The molecule has 6 heteroatoms. The number of carbonyl (C=O) groups excluding carboxylic acids is 1. The van der Waals surface area contributed by atoms with Crippen LogP contribution in [-0.2, 0) is 4.79 Å². The first-order chi connectivity index (χ1) is 8.56. The monoisotopic (exact) mass is 270 g/mol. The van der Waals surface area contributed by atoms with E-state index in [1.807, 2.05) is 0 Å². The van der Waals surface area contributed by atoms with Crippen molar-refractivity contribution in [2.45, 2.75) is 19.3 Å². The van der Waals surface area contributed by atoms with E-state index in [4.69, 9.17) is 16.7 Å². The number of nitrogens with zero attached hydrogens (tertiary/aromatic N) is 1. The van der Waals surface area contributed by atoms with E-state index >= 15 is 0 Å². The van der Waals surface area contributed by atoms with Gasteiger partial charge in [0.2, 0.25) is 0 Å². The highest BCUT2D eigenvalue weighted by Crippen LogP contribution is 2.23. The molecule has 2 heterocycles. The van der Waals surface area contributed by atoms with Gasteiger partial charge in [0, 0.05) is 25.7 Å². The fraction of sp³-hybridized carbons (Fsp3) is 0.500. The van der Waals surface area contributed by atoms with Gasteiger partial charge in [0.1, 0.15) is 5.69 Å². The summed E-state index contributed by atoms with van der Waals surface area (Å²) in [5.41, 5.74) is 0.485. The predicted molar refractivity (Wildman–Crippen MR) is 66.7 cm³/mol. The van der Waals surface area contributed by atoms with Crippen molar-refractivity contribution < 1.29 is 14.7 Å². The maximum atomic E-state index is 12.1. The van der Waals surface area contributed by atoms with Crippen molar-refractivity contribution in [1.82, 2.24) is 9.88 Å². The summed E-state index contributed by atoms with van der Waals surface area (Å²) in [7, 11) is 0. The standard InChI is InChI=1S/C12H15ClN2O3/c13-9-5-10(14-6-9)12(18)15-4-3-8(7-15)1-2-11(16)17/h5-6,8,14H,1-4,7H2,(H,16,17). The lowest BCUT2D eigenvalue weighted by Crippen LogP contribution is -2.29. The average molecular weight is 271 g/mol. The zero-order chi connectivity index (χ0) is 13.1. The van der Waals surface area contributed by atoms with Gasteiger partial charge in [0.15, 0.2) is 0 Å². The van der Waals surface area contributed by atoms with Gasteiger partial charge in [-0.15, -0.1) is 0 Å². The quantitative estimate of drug-likeness (QED) is 0.879. The van der Waals surface area contributed by atoms with Crippen LogP contribution in [0.15, 0.2) is 12.3 Å². The van der Waals surface area contributed by atoms with E-state index in [2.05, 4.69) is 4.98 Å². The molecule has 1 aliphatic rings. The fourth-order valence-corrected chi connectivity index (χ4v) is 2.41. The van der Waals surface area contributed by atoms with Gasteiger partial charge in [-0.05, 0) is 24.8 Å².